The van der Waals surface area contributed by atoms with Crippen molar-refractivity contribution in [3.05, 3.63) is 12.1 Å². The number of imidazole rings is 1. The fraction of sp³-hybridized carbons (Fsp3) is 0.533. The summed E-state index contributed by atoms with van der Waals surface area (Å²) < 4.78 is 18.2. The van der Waals surface area contributed by atoms with Crippen molar-refractivity contribution in [1.29, 1.82) is 0 Å². The van der Waals surface area contributed by atoms with Crippen molar-refractivity contribution >= 4 is 17.0 Å². The molecule has 1 aliphatic rings. The summed E-state index contributed by atoms with van der Waals surface area (Å²) in [4.78, 5) is 4.44. The number of hydrogen-bond donors (Lipinski definition) is 1. The smallest absolute Gasteiger partial charge is 0.201 e. The lowest BCUT2D eigenvalue weighted by Gasteiger charge is -2.23. The summed E-state index contributed by atoms with van der Waals surface area (Å²) in [6.07, 6.45) is 2.12. The van der Waals surface area contributed by atoms with E-state index in [0.717, 1.165) is 43.6 Å². The van der Waals surface area contributed by atoms with E-state index in [2.05, 4.69) is 9.55 Å². The van der Waals surface area contributed by atoms with Crippen LogP contribution < -0.4 is 15.2 Å². The Labute approximate surface area is 123 Å². The lowest BCUT2D eigenvalue weighted by atomic mass is 10.0. The third-order valence-electron chi connectivity index (χ3n) is 4.06. The first kappa shape index (κ1) is 14.0. The highest BCUT2D eigenvalue weighted by Gasteiger charge is 2.19. The van der Waals surface area contributed by atoms with E-state index < -0.39 is 0 Å². The minimum absolute atomic E-state index is 0.534. The predicted octanol–water partition coefficient (Wildman–Crippen LogP) is 2.06. The maximum Gasteiger partial charge on any atom is 0.201 e. The van der Waals surface area contributed by atoms with Gasteiger partial charge in [0.05, 0.1) is 25.3 Å². The zero-order chi connectivity index (χ0) is 14.8. The average molecular weight is 291 g/mol. The van der Waals surface area contributed by atoms with E-state index in [-0.39, 0.29) is 0 Å². The molecule has 1 fully saturated rings. The van der Waals surface area contributed by atoms with Gasteiger partial charge in [0, 0.05) is 31.9 Å². The molecule has 0 radical (unpaired) electrons. The number of fused-ring (bicyclic) bond motifs is 1. The molecule has 2 aromatic rings. The van der Waals surface area contributed by atoms with Gasteiger partial charge in [-0.2, -0.15) is 0 Å². The maximum absolute atomic E-state index is 6.09. The molecule has 2 heterocycles. The van der Waals surface area contributed by atoms with Gasteiger partial charge in [-0.3, -0.25) is 0 Å². The van der Waals surface area contributed by atoms with Gasteiger partial charge in [-0.25, -0.2) is 4.98 Å². The molecule has 1 aliphatic heterocycles. The number of benzene rings is 1. The Kier molecular flexibility index (Phi) is 3.88. The molecule has 0 atom stereocenters. The van der Waals surface area contributed by atoms with Gasteiger partial charge < -0.3 is 24.5 Å². The van der Waals surface area contributed by atoms with E-state index in [1.54, 1.807) is 14.2 Å². The van der Waals surface area contributed by atoms with Crippen LogP contribution >= 0.6 is 0 Å². The fourth-order valence-corrected chi connectivity index (χ4v) is 2.85. The van der Waals surface area contributed by atoms with Crippen molar-refractivity contribution in [1.82, 2.24) is 9.55 Å². The van der Waals surface area contributed by atoms with E-state index in [4.69, 9.17) is 19.9 Å². The van der Waals surface area contributed by atoms with Gasteiger partial charge in [0.1, 0.15) is 0 Å². The number of nitrogen functional groups attached to an aromatic ring is 1. The second kappa shape index (κ2) is 5.81. The normalized spacial score (nSPS) is 16.3. The average Bonchev–Trinajstić information content (AvgIpc) is 2.82. The predicted molar refractivity (Wildman–Crippen MR) is 80.8 cm³/mol. The number of anilines is 1. The van der Waals surface area contributed by atoms with Crippen molar-refractivity contribution in [2.24, 2.45) is 5.92 Å². The number of hydrogen-bond acceptors (Lipinski definition) is 5. The van der Waals surface area contributed by atoms with Crippen molar-refractivity contribution in [3.8, 4) is 11.5 Å². The first-order valence-corrected chi connectivity index (χ1v) is 7.18. The van der Waals surface area contributed by atoms with Crippen LogP contribution in [0, 0.1) is 5.92 Å². The van der Waals surface area contributed by atoms with Crippen LogP contribution in [0.15, 0.2) is 12.1 Å². The molecule has 1 saturated heterocycles. The molecule has 2 N–H and O–H groups in total. The molecule has 0 saturated carbocycles. The lowest BCUT2D eigenvalue weighted by molar-refractivity contribution is 0.0617. The van der Waals surface area contributed by atoms with E-state index >= 15 is 0 Å². The van der Waals surface area contributed by atoms with E-state index in [0.29, 0.717) is 23.4 Å². The quantitative estimate of drug-likeness (QED) is 0.933. The number of aromatic nitrogens is 2. The summed E-state index contributed by atoms with van der Waals surface area (Å²) >= 11 is 0. The van der Waals surface area contributed by atoms with Gasteiger partial charge in [-0.15, -0.1) is 0 Å². The Balaban J connectivity index is 1.98. The van der Waals surface area contributed by atoms with Crippen LogP contribution in [0.5, 0.6) is 11.5 Å². The topological polar surface area (TPSA) is 71.5 Å². The first-order valence-electron chi connectivity index (χ1n) is 7.18. The van der Waals surface area contributed by atoms with Crippen molar-refractivity contribution in [3.63, 3.8) is 0 Å². The SMILES string of the molecule is COc1cc2nc(N)n(CC3CCOCC3)c2cc1OC. The van der Waals surface area contributed by atoms with E-state index in [1.165, 1.54) is 0 Å². The van der Waals surface area contributed by atoms with Crippen LogP contribution in [0.25, 0.3) is 11.0 Å². The highest BCUT2D eigenvalue weighted by molar-refractivity contribution is 5.82. The highest BCUT2D eigenvalue weighted by atomic mass is 16.5. The van der Waals surface area contributed by atoms with Crippen molar-refractivity contribution < 1.29 is 14.2 Å². The van der Waals surface area contributed by atoms with Crippen LogP contribution in [0.2, 0.25) is 0 Å². The largest absolute Gasteiger partial charge is 0.493 e. The first-order chi connectivity index (χ1) is 10.2. The number of nitrogens with two attached hydrogens (primary N) is 1. The van der Waals surface area contributed by atoms with Gasteiger partial charge in [0.25, 0.3) is 0 Å². The number of ether oxygens (including phenoxy) is 3. The molecule has 0 aliphatic carbocycles. The van der Waals surface area contributed by atoms with Crippen molar-refractivity contribution in [2.75, 3.05) is 33.2 Å². The van der Waals surface area contributed by atoms with Crippen LogP contribution in [0.4, 0.5) is 5.95 Å². The molecule has 0 amide bonds. The number of rotatable bonds is 4. The molecule has 0 spiro atoms. The second-order valence-corrected chi connectivity index (χ2v) is 5.33. The number of nitrogens with zero attached hydrogens (tertiary/aromatic N) is 2. The third kappa shape index (κ3) is 2.63. The molecule has 114 valence electrons. The summed E-state index contributed by atoms with van der Waals surface area (Å²) in [6.45, 7) is 2.52. The van der Waals surface area contributed by atoms with Gasteiger partial charge >= 0.3 is 0 Å². The van der Waals surface area contributed by atoms with Gasteiger partial charge in [0.2, 0.25) is 5.95 Å². The molecule has 0 unspecified atom stereocenters. The molecule has 0 bridgehead atoms. The van der Waals surface area contributed by atoms with E-state index in [9.17, 15) is 0 Å². The van der Waals surface area contributed by atoms with Gasteiger partial charge in [-0.05, 0) is 18.8 Å². The molecule has 6 heteroatoms. The minimum Gasteiger partial charge on any atom is -0.493 e. The Morgan fingerprint density at radius 2 is 1.90 bits per heavy atom. The molecule has 1 aromatic heterocycles. The Hall–Kier alpha value is -1.95. The Bertz CT molecular complexity index is 633. The summed E-state index contributed by atoms with van der Waals surface area (Å²) in [7, 11) is 3.25. The summed E-state index contributed by atoms with van der Waals surface area (Å²) in [5, 5.41) is 0. The standard InChI is InChI=1S/C15H21N3O3/c1-19-13-7-11-12(8-14(13)20-2)18(15(16)17-11)9-10-3-5-21-6-4-10/h7-8,10H,3-6,9H2,1-2H3,(H2,16,17). The fourth-order valence-electron chi connectivity index (χ4n) is 2.85. The molecule has 21 heavy (non-hydrogen) atoms. The zero-order valence-electron chi connectivity index (χ0n) is 12.5. The van der Waals surface area contributed by atoms with Crippen LogP contribution in [-0.2, 0) is 11.3 Å². The van der Waals surface area contributed by atoms with Crippen LogP contribution in [-0.4, -0.2) is 37.0 Å². The summed E-state index contributed by atoms with van der Waals surface area (Å²) in [5.74, 6) is 2.47. The third-order valence-corrected chi connectivity index (χ3v) is 4.06. The van der Waals surface area contributed by atoms with Crippen molar-refractivity contribution in [2.45, 2.75) is 19.4 Å². The van der Waals surface area contributed by atoms with Gasteiger partial charge in [-0.1, -0.05) is 0 Å². The Morgan fingerprint density at radius 3 is 2.57 bits per heavy atom. The van der Waals surface area contributed by atoms with E-state index in [1.807, 2.05) is 12.1 Å². The molecular weight excluding hydrogens is 270 g/mol. The highest BCUT2D eigenvalue weighted by Crippen LogP contribution is 2.33. The molecule has 6 nitrogen and oxygen atoms in total. The second-order valence-electron chi connectivity index (χ2n) is 5.33. The molecule has 3 rings (SSSR count). The monoisotopic (exact) mass is 291 g/mol. The van der Waals surface area contributed by atoms with Gasteiger partial charge in [0.15, 0.2) is 11.5 Å². The Morgan fingerprint density at radius 1 is 1.24 bits per heavy atom. The lowest BCUT2D eigenvalue weighted by Crippen LogP contribution is -2.21. The molecular formula is C15H21N3O3. The van der Waals surface area contributed by atoms with Crippen LogP contribution in [0.3, 0.4) is 0 Å². The molecule has 1 aromatic carbocycles. The summed E-state index contributed by atoms with van der Waals surface area (Å²) in [5.41, 5.74) is 7.91. The maximum atomic E-state index is 6.09. The number of methoxy groups -OCH3 is 2. The minimum atomic E-state index is 0.534. The summed E-state index contributed by atoms with van der Waals surface area (Å²) in [6, 6.07) is 3.81. The van der Waals surface area contributed by atoms with Crippen LogP contribution in [0.1, 0.15) is 12.8 Å². The zero-order valence-corrected chi connectivity index (χ0v) is 12.5.